The number of nitrogens with one attached hydrogen (secondary N) is 2. The normalized spacial score (nSPS) is 15.4. The Bertz CT molecular complexity index is 1040. The van der Waals surface area contributed by atoms with Gasteiger partial charge < -0.3 is 4.98 Å². The highest BCUT2D eigenvalue weighted by Gasteiger charge is 2.27. The molecule has 26 heavy (non-hydrogen) atoms. The molecular formula is C18H18N4O3S. The number of benzene rings is 2. The second kappa shape index (κ2) is 6.54. The summed E-state index contributed by atoms with van der Waals surface area (Å²) in [4.78, 5) is 20.0. The van der Waals surface area contributed by atoms with E-state index in [9.17, 15) is 13.2 Å². The second-order valence-electron chi connectivity index (χ2n) is 6.20. The third-order valence-electron chi connectivity index (χ3n) is 4.42. The number of H-pyrrole nitrogens is 1. The van der Waals surface area contributed by atoms with E-state index in [-0.39, 0.29) is 10.5 Å². The minimum atomic E-state index is -3.56. The molecule has 134 valence electrons. The van der Waals surface area contributed by atoms with Crippen LogP contribution in [-0.4, -0.2) is 41.7 Å². The molecule has 0 bridgehead atoms. The number of imidazole rings is 1. The molecule has 1 aliphatic heterocycles. The van der Waals surface area contributed by atoms with Crippen molar-refractivity contribution in [2.75, 3.05) is 18.4 Å². The molecule has 0 radical (unpaired) electrons. The summed E-state index contributed by atoms with van der Waals surface area (Å²) < 4.78 is 26.8. The van der Waals surface area contributed by atoms with Gasteiger partial charge in [0.1, 0.15) is 0 Å². The minimum absolute atomic E-state index is 0.136. The number of sulfonamides is 1. The van der Waals surface area contributed by atoms with E-state index in [2.05, 4.69) is 15.3 Å². The van der Waals surface area contributed by atoms with Gasteiger partial charge in [0.2, 0.25) is 16.0 Å². The van der Waals surface area contributed by atoms with Crippen LogP contribution in [0.15, 0.2) is 53.4 Å². The summed E-state index contributed by atoms with van der Waals surface area (Å²) in [5, 5.41) is 2.68. The first kappa shape index (κ1) is 16.7. The van der Waals surface area contributed by atoms with Gasteiger partial charge in [-0.05, 0) is 43.2 Å². The van der Waals surface area contributed by atoms with Crippen molar-refractivity contribution in [3.8, 4) is 0 Å². The zero-order valence-electron chi connectivity index (χ0n) is 14.0. The number of carbonyl (C=O) groups is 1. The van der Waals surface area contributed by atoms with Crippen LogP contribution in [0.25, 0.3) is 11.0 Å². The number of hydrogen-bond donors (Lipinski definition) is 2. The van der Waals surface area contributed by atoms with Crippen molar-refractivity contribution in [3.63, 3.8) is 0 Å². The summed E-state index contributed by atoms with van der Waals surface area (Å²) in [5.41, 5.74) is 1.83. The molecule has 0 saturated carbocycles. The highest BCUT2D eigenvalue weighted by molar-refractivity contribution is 7.89. The van der Waals surface area contributed by atoms with Crippen molar-refractivity contribution < 1.29 is 13.2 Å². The molecule has 7 nitrogen and oxygen atoms in total. The lowest BCUT2D eigenvalue weighted by Crippen LogP contribution is -2.28. The summed E-state index contributed by atoms with van der Waals surface area (Å²) in [7, 11) is -3.56. The molecule has 2 heterocycles. The molecule has 8 heteroatoms. The first-order chi connectivity index (χ1) is 12.5. The van der Waals surface area contributed by atoms with E-state index in [0.717, 1.165) is 23.9 Å². The van der Waals surface area contributed by atoms with Gasteiger partial charge in [0.05, 0.1) is 15.9 Å². The maximum atomic E-state index is 12.7. The van der Waals surface area contributed by atoms with Gasteiger partial charge in [-0.3, -0.25) is 10.1 Å². The Morgan fingerprint density at radius 2 is 1.85 bits per heavy atom. The summed E-state index contributed by atoms with van der Waals surface area (Å²) in [6.45, 7) is 1.05. The Labute approximate surface area is 151 Å². The molecule has 1 aromatic heterocycles. The standard InChI is InChI=1S/C18H18N4O3S/c23-17(21-18-19-15-8-1-2-9-16(15)20-18)13-6-5-7-14(12-13)26(24,25)22-10-3-4-11-22/h1-2,5-9,12H,3-4,10-11H2,(H2,19,20,21,23). The number of rotatable bonds is 4. The van der Waals surface area contributed by atoms with Gasteiger partial charge in [0, 0.05) is 18.7 Å². The highest BCUT2D eigenvalue weighted by atomic mass is 32.2. The molecule has 0 unspecified atom stereocenters. The smallest absolute Gasteiger partial charge is 0.258 e. The van der Waals surface area contributed by atoms with E-state index >= 15 is 0 Å². The summed E-state index contributed by atoms with van der Waals surface area (Å²) in [5.74, 6) is -0.0912. The lowest BCUT2D eigenvalue weighted by Gasteiger charge is -2.15. The third-order valence-corrected chi connectivity index (χ3v) is 6.31. The Hall–Kier alpha value is -2.71. The summed E-state index contributed by atoms with van der Waals surface area (Å²) in [6.07, 6.45) is 1.73. The molecule has 1 aliphatic rings. The molecule has 3 aromatic rings. The Balaban J connectivity index is 1.58. The van der Waals surface area contributed by atoms with Gasteiger partial charge in [-0.2, -0.15) is 4.31 Å². The minimum Gasteiger partial charge on any atom is -0.324 e. The van der Waals surface area contributed by atoms with Crippen LogP contribution in [0.4, 0.5) is 5.95 Å². The number of fused-ring (bicyclic) bond motifs is 1. The molecular weight excluding hydrogens is 352 g/mol. The molecule has 2 aromatic carbocycles. The molecule has 1 amide bonds. The van der Waals surface area contributed by atoms with Gasteiger partial charge in [0.15, 0.2) is 0 Å². The fourth-order valence-corrected chi connectivity index (χ4v) is 4.63. The predicted octanol–water partition coefficient (Wildman–Crippen LogP) is 2.60. The quantitative estimate of drug-likeness (QED) is 0.738. The van der Waals surface area contributed by atoms with Crippen LogP contribution in [0, 0.1) is 0 Å². The first-order valence-corrected chi connectivity index (χ1v) is 9.84. The van der Waals surface area contributed by atoms with E-state index in [4.69, 9.17) is 0 Å². The topological polar surface area (TPSA) is 95.2 Å². The highest BCUT2D eigenvalue weighted by Crippen LogP contribution is 2.22. The van der Waals surface area contributed by atoms with Crippen molar-refractivity contribution in [2.24, 2.45) is 0 Å². The maximum absolute atomic E-state index is 12.7. The average molecular weight is 370 g/mol. The van der Waals surface area contributed by atoms with Gasteiger partial charge in [-0.1, -0.05) is 18.2 Å². The molecule has 0 atom stereocenters. The fourth-order valence-electron chi connectivity index (χ4n) is 3.07. The van der Waals surface area contributed by atoms with Gasteiger partial charge in [0.25, 0.3) is 5.91 Å². The monoisotopic (exact) mass is 370 g/mol. The Morgan fingerprint density at radius 3 is 2.62 bits per heavy atom. The van der Waals surface area contributed by atoms with Crippen LogP contribution in [0.3, 0.4) is 0 Å². The maximum Gasteiger partial charge on any atom is 0.258 e. The third kappa shape index (κ3) is 3.09. The molecule has 1 saturated heterocycles. The van der Waals surface area contributed by atoms with Crippen LogP contribution >= 0.6 is 0 Å². The van der Waals surface area contributed by atoms with E-state index in [1.807, 2.05) is 24.3 Å². The lowest BCUT2D eigenvalue weighted by atomic mass is 10.2. The van der Waals surface area contributed by atoms with Crippen LogP contribution in [-0.2, 0) is 10.0 Å². The van der Waals surface area contributed by atoms with Gasteiger partial charge in [-0.15, -0.1) is 0 Å². The van der Waals surface area contributed by atoms with Crippen molar-refractivity contribution in [1.82, 2.24) is 14.3 Å². The Morgan fingerprint density at radius 1 is 1.08 bits per heavy atom. The first-order valence-electron chi connectivity index (χ1n) is 8.40. The number of aromatic amines is 1. The second-order valence-corrected chi connectivity index (χ2v) is 8.13. The van der Waals surface area contributed by atoms with Crippen molar-refractivity contribution in [3.05, 3.63) is 54.1 Å². The lowest BCUT2D eigenvalue weighted by molar-refractivity contribution is 0.102. The molecule has 0 spiro atoms. The fraction of sp³-hybridized carbons (Fsp3) is 0.222. The number of hydrogen-bond acceptors (Lipinski definition) is 4. The summed E-state index contributed by atoms with van der Waals surface area (Å²) >= 11 is 0. The van der Waals surface area contributed by atoms with Crippen molar-refractivity contribution >= 4 is 32.9 Å². The van der Waals surface area contributed by atoms with Gasteiger partial charge in [-0.25, -0.2) is 13.4 Å². The zero-order valence-corrected chi connectivity index (χ0v) is 14.8. The average Bonchev–Trinajstić information content (AvgIpc) is 3.31. The Kier molecular flexibility index (Phi) is 4.21. The van der Waals surface area contributed by atoms with E-state index in [0.29, 0.717) is 19.0 Å². The van der Waals surface area contributed by atoms with Gasteiger partial charge >= 0.3 is 0 Å². The zero-order chi connectivity index (χ0) is 18.1. The number of carbonyl (C=O) groups excluding carboxylic acids is 1. The van der Waals surface area contributed by atoms with Crippen LogP contribution in [0.2, 0.25) is 0 Å². The van der Waals surface area contributed by atoms with E-state index in [1.54, 1.807) is 12.1 Å². The van der Waals surface area contributed by atoms with Crippen molar-refractivity contribution in [1.29, 1.82) is 0 Å². The number of nitrogens with zero attached hydrogens (tertiary/aromatic N) is 2. The SMILES string of the molecule is O=C(Nc1nc2ccccc2[nH]1)c1cccc(S(=O)(=O)N2CCCC2)c1. The number of anilines is 1. The van der Waals surface area contributed by atoms with E-state index in [1.165, 1.54) is 16.4 Å². The largest absolute Gasteiger partial charge is 0.324 e. The van der Waals surface area contributed by atoms with Crippen LogP contribution in [0.5, 0.6) is 0 Å². The summed E-state index contributed by atoms with van der Waals surface area (Å²) in [6, 6.07) is 13.5. The van der Waals surface area contributed by atoms with Crippen molar-refractivity contribution in [2.45, 2.75) is 17.7 Å². The molecule has 0 aliphatic carbocycles. The molecule has 2 N–H and O–H groups in total. The molecule has 1 fully saturated rings. The van der Waals surface area contributed by atoms with E-state index < -0.39 is 15.9 Å². The predicted molar refractivity (Wildman–Crippen MR) is 98.5 cm³/mol. The molecule has 4 rings (SSSR count). The number of amides is 1. The number of para-hydroxylation sites is 2. The number of aromatic nitrogens is 2. The van der Waals surface area contributed by atoms with Crippen LogP contribution < -0.4 is 5.32 Å². The van der Waals surface area contributed by atoms with Crippen LogP contribution in [0.1, 0.15) is 23.2 Å².